The number of nitrogens with one attached hydrogen (secondary N) is 1. The van der Waals surface area contributed by atoms with Crippen molar-refractivity contribution in [3.63, 3.8) is 0 Å². The van der Waals surface area contributed by atoms with Crippen LogP contribution in [0.4, 0.5) is 0 Å². The minimum atomic E-state index is -0.199. The Bertz CT molecular complexity index is 467. The zero-order valence-corrected chi connectivity index (χ0v) is 13.4. The second kappa shape index (κ2) is 5.28. The van der Waals surface area contributed by atoms with E-state index in [0.717, 1.165) is 31.2 Å². The molecular formula is C17H27N3O. The minimum absolute atomic E-state index is 0.102. The van der Waals surface area contributed by atoms with Gasteiger partial charge in [0.2, 0.25) is 5.91 Å². The van der Waals surface area contributed by atoms with Gasteiger partial charge in [-0.15, -0.1) is 0 Å². The summed E-state index contributed by atoms with van der Waals surface area (Å²) in [6, 6.07) is 2.51. The molecule has 1 N–H and O–H groups in total. The van der Waals surface area contributed by atoms with Crippen LogP contribution >= 0.6 is 0 Å². The lowest BCUT2D eigenvalue weighted by molar-refractivity contribution is -0.133. The molecule has 1 saturated heterocycles. The van der Waals surface area contributed by atoms with E-state index in [1.807, 2.05) is 0 Å². The molecule has 3 aliphatic carbocycles. The van der Waals surface area contributed by atoms with Gasteiger partial charge in [0, 0.05) is 12.6 Å². The van der Waals surface area contributed by atoms with Crippen LogP contribution in [0.5, 0.6) is 0 Å². The number of amides is 1. The molecule has 3 saturated carbocycles. The summed E-state index contributed by atoms with van der Waals surface area (Å²) in [6.07, 6.45) is 4.35. The first-order valence-electron chi connectivity index (χ1n) is 8.37. The van der Waals surface area contributed by atoms with Gasteiger partial charge in [-0.05, 0) is 48.9 Å². The SMILES string of the molecule is CC1C(NCC(=O)N2CCCC2C#N)CC2CC1C2(C)C. The fourth-order valence-corrected chi connectivity index (χ4v) is 4.94. The highest BCUT2D eigenvalue weighted by molar-refractivity contribution is 5.79. The van der Waals surface area contributed by atoms with E-state index in [0.29, 0.717) is 23.9 Å². The summed E-state index contributed by atoms with van der Waals surface area (Å²) in [5.41, 5.74) is 0.489. The zero-order chi connectivity index (χ0) is 15.2. The summed E-state index contributed by atoms with van der Waals surface area (Å²) in [4.78, 5) is 14.1. The molecule has 4 nitrogen and oxygen atoms in total. The number of hydrogen-bond donors (Lipinski definition) is 1. The molecule has 4 fully saturated rings. The number of carbonyl (C=O) groups is 1. The van der Waals surface area contributed by atoms with Crippen LogP contribution in [0, 0.1) is 34.5 Å². The Hall–Kier alpha value is -1.08. The smallest absolute Gasteiger partial charge is 0.237 e. The normalized spacial score (nSPS) is 40.5. The molecule has 0 aromatic carbocycles. The monoisotopic (exact) mass is 289 g/mol. The van der Waals surface area contributed by atoms with E-state index in [-0.39, 0.29) is 11.9 Å². The number of carbonyl (C=O) groups excluding carboxylic acids is 1. The van der Waals surface area contributed by atoms with Gasteiger partial charge in [0.05, 0.1) is 12.6 Å². The highest BCUT2D eigenvalue weighted by Crippen LogP contribution is 2.61. The fourth-order valence-electron chi connectivity index (χ4n) is 4.94. The van der Waals surface area contributed by atoms with Gasteiger partial charge in [-0.25, -0.2) is 0 Å². The molecule has 2 bridgehead atoms. The Morgan fingerprint density at radius 3 is 2.81 bits per heavy atom. The summed E-state index contributed by atoms with van der Waals surface area (Å²) in [5, 5.41) is 12.6. The molecule has 5 unspecified atom stereocenters. The van der Waals surface area contributed by atoms with Gasteiger partial charge in [0.1, 0.15) is 6.04 Å². The molecule has 116 valence electrons. The predicted octanol–water partition coefficient (Wildman–Crippen LogP) is 2.16. The number of nitrogens with zero attached hydrogens (tertiary/aromatic N) is 2. The molecule has 1 amide bonds. The van der Waals surface area contributed by atoms with Crippen molar-refractivity contribution >= 4 is 5.91 Å². The third kappa shape index (κ3) is 2.36. The Balaban J connectivity index is 1.52. The summed E-state index contributed by atoms with van der Waals surface area (Å²) in [6.45, 7) is 8.26. The molecule has 1 heterocycles. The topological polar surface area (TPSA) is 56.1 Å². The predicted molar refractivity (Wildman–Crippen MR) is 81.3 cm³/mol. The van der Waals surface area contributed by atoms with Gasteiger partial charge >= 0.3 is 0 Å². The van der Waals surface area contributed by atoms with E-state index in [1.54, 1.807) is 4.90 Å². The molecule has 0 aromatic rings. The molecule has 1 aliphatic heterocycles. The molecular weight excluding hydrogens is 262 g/mol. The standard InChI is InChI=1S/C17H27N3O/c1-11-14-7-12(17(14,2)3)8-15(11)19-10-16(21)20-6-4-5-13(20)9-18/h11-15,19H,4-8,10H2,1-3H3. The minimum Gasteiger partial charge on any atom is -0.326 e. The zero-order valence-electron chi connectivity index (χ0n) is 13.4. The van der Waals surface area contributed by atoms with Crippen molar-refractivity contribution in [2.24, 2.45) is 23.2 Å². The van der Waals surface area contributed by atoms with Crippen LogP contribution in [-0.2, 0) is 4.79 Å². The van der Waals surface area contributed by atoms with Crippen LogP contribution in [-0.4, -0.2) is 36.0 Å². The van der Waals surface area contributed by atoms with Crippen molar-refractivity contribution in [1.82, 2.24) is 10.2 Å². The third-order valence-electron chi connectivity index (χ3n) is 6.59. The fraction of sp³-hybridized carbons (Fsp3) is 0.882. The highest BCUT2D eigenvalue weighted by atomic mass is 16.2. The number of hydrogen-bond acceptors (Lipinski definition) is 3. The van der Waals surface area contributed by atoms with E-state index >= 15 is 0 Å². The van der Waals surface area contributed by atoms with Crippen molar-refractivity contribution < 1.29 is 4.79 Å². The number of nitriles is 1. The second-order valence-electron chi connectivity index (χ2n) is 7.82. The molecule has 5 atom stereocenters. The number of fused-ring (bicyclic) bond motifs is 2. The number of likely N-dealkylation sites (tertiary alicyclic amines) is 1. The second-order valence-corrected chi connectivity index (χ2v) is 7.82. The van der Waals surface area contributed by atoms with Crippen molar-refractivity contribution in [3.05, 3.63) is 0 Å². The van der Waals surface area contributed by atoms with Crippen LogP contribution in [0.1, 0.15) is 46.5 Å². The maximum atomic E-state index is 12.3. The Morgan fingerprint density at radius 2 is 2.19 bits per heavy atom. The first-order valence-corrected chi connectivity index (χ1v) is 8.37. The van der Waals surface area contributed by atoms with E-state index in [1.165, 1.54) is 12.8 Å². The lowest BCUT2D eigenvalue weighted by Crippen LogP contribution is -2.60. The summed E-state index contributed by atoms with van der Waals surface area (Å²) in [7, 11) is 0. The molecule has 0 aromatic heterocycles. The summed E-state index contributed by atoms with van der Waals surface area (Å²) in [5.74, 6) is 2.35. The van der Waals surface area contributed by atoms with Gasteiger partial charge < -0.3 is 10.2 Å². The van der Waals surface area contributed by atoms with Crippen LogP contribution < -0.4 is 5.32 Å². The van der Waals surface area contributed by atoms with E-state index in [9.17, 15) is 4.79 Å². The van der Waals surface area contributed by atoms with Crippen molar-refractivity contribution in [1.29, 1.82) is 5.26 Å². The first kappa shape index (κ1) is 14.8. The lowest BCUT2D eigenvalue weighted by atomic mass is 9.45. The van der Waals surface area contributed by atoms with Gasteiger partial charge in [-0.2, -0.15) is 5.26 Å². The molecule has 4 rings (SSSR count). The van der Waals surface area contributed by atoms with Gasteiger partial charge in [0.25, 0.3) is 0 Å². The molecule has 4 heteroatoms. The third-order valence-corrected chi connectivity index (χ3v) is 6.59. The van der Waals surface area contributed by atoms with E-state index in [2.05, 4.69) is 32.2 Å². The van der Waals surface area contributed by atoms with Crippen LogP contribution in [0.25, 0.3) is 0 Å². The van der Waals surface area contributed by atoms with Crippen LogP contribution in [0.2, 0.25) is 0 Å². The number of rotatable bonds is 3. The maximum Gasteiger partial charge on any atom is 0.237 e. The average Bonchev–Trinajstić information content (AvgIpc) is 2.93. The van der Waals surface area contributed by atoms with Crippen molar-refractivity contribution in [3.8, 4) is 6.07 Å². The quantitative estimate of drug-likeness (QED) is 0.866. The van der Waals surface area contributed by atoms with Crippen LogP contribution in [0.15, 0.2) is 0 Å². The van der Waals surface area contributed by atoms with Gasteiger partial charge in [-0.1, -0.05) is 20.8 Å². The first-order chi connectivity index (χ1) is 9.95. The molecule has 4 aliphatic rings. The Kier molecular flexibility index (Phi) is 3.73. The molecule has 0 radical (unpaired) electrons. The molecule has 0 spiro atoms. The molecule has 21 heavy (non-hydrogen) atoms. The Morgan fingerprint density at radius 1 is 1.43 bits per heavy atom. The van der Waals surface area contributed by atoms with E-state index < -0.39 is 0 Å². The summed E-state index contributed by atoms with van der Waals surface area (Å²) < 4.78 is 0. The maximum absolute atomic E-state index is 12.3. The van der Waals surface area contributed by atoms with E-state index in [4.69, 9.17) is 5.26 Å². The van der Waals surface area contributed by atoms with Gasteiger partial charge in [-0.3, -0.25) is 4.79 Å². The largest absolute Gasteiger partial charge is 0.326 e. The van der Waals surface area contributed by atoms with Crippen molar-refractivity contribution in [2.75, 3.05) is 13.1 Å². The van der Waals surface area contributed by atoms with Crippen molar-refractivity contribution in [2.45, 2.75) is 58.5 Å². The summed E-state index contributed by atoms with van der Waals surface area (Å²) >= 11 is 0. The average molecular weight is 289 g/mol. The van der Waals surface area contributed by atoms with Gasteiger partial charge in [0.15, 0.2) is 0 Å². The van der Waals surface area contributed by atoms with Crippen LogP contribution in [0.3, 0.4) is 0 Å². The highest BCUT2D eigenvalue weighted by Gasteiger charge is 2.56. The Labute approximate surface area is 127 Å². The lowest BCUT2D eigenvalue weighted by Gasteiger charge is -2.62.